The van der Waals surface area contributed by atoms with Gasteiger partial charge in [0.05, 0.1) is 17.2 Å². The van der Waals surface area contributed by atoms with Crippen LogP contribution in [0, 0.1) is 0 Å². The van der Waals surface area contributed by atoms with Crippen LogP contribution in [-0.4, -0.2) is 47.9 Å². The number of aromatic nitrogens is 1. The summed E-state index contributed by atoms with van der Waals surface area (Å²) in [5, 5.41) is 3.34. The summed E-state index contributed by atoms with van der Waals surface area (Å²) < 4.78 is 39.3. The van der Waals surface area contributed by atoms with E-state index in [1.54, 1.807) is 35.2 Å². The number of thiazole rings is 1. The molecule has 2 heterocycles. The van der Waals surface area contributed by atoms with Gasteiger partial charge >= 0.3 is 6.18 Å². The van der Waals surface area contributed by atoms with Gasteiger partial charge in [0.2, 0.25) is 5.91 Å². The molecule has 0 saturated carbocycles. The molecule has 5 rings (SSSR count). The highest BCUT2D eigenvalue weighted by Gasteiger charge is 2.35. The van der Waals surface area contributed by atoms with Crippen LogP contribution >= 0.6 is 11.3 Å². The molecular formula is C26H25F3N4O2S. The van der Waals surface area contributed by atoms with Gasteiger partial charge in [-0.1, -0.05) is 24.3 Å². The molecule has 1 N–H and O–H groups in total. The van der Waals surface area contributed by atoms with Crippen molar-refractivity contribution in [1.82, 2.24) is 9.88 Å². The SMILES string of the molecule is O=C(Nc1nc2c(s1)CCCC2C(=O)N1CCN(c2cccc(C(F)(F)F)c2)CC1)c1ccccc1. The van der Waals surface area contributed by atoms with E-state index in [2.05, 4.69) is 10.3 Å². The zero-order valence-electron chi connectivity index (χ0n) is 19.4. The lowest BCUT2D eigenvalue weighted by Gasteiger charge is -2.38. The molecule has 2 aromatic carbocycles. The van der Waals surface area contributed by atoms with Crippen molar-refractivity contribution < 1.29 is 22.8 Å². The number of piperazine rings is 1. The molecule has 1 aliphatic carbocycles. The van der Waals surface area contributed by atoms with Crippen molar-refractivity contribution in [3.63, 3.8) is 0 Å². The number of fused-ring (bicyclic) bond motifs is 1. The second-order valence-corrected chi connectivity index (χ2v) is 10.0. The number of nitrogens with zero attached hydrogens (tertiary/aromatic N) is 3. The standard InChI is InChI=1S/C26H25F3N4O2S/c27-26(28,29)18-8-4-9-19(16-18)32-12-14-33(15-13-32)24(35)20-10-5-11-21-22(20)30-25(36-21)31-23(34)17-6-2-1-3-7-17/h1-4,6-9,16,20H,5,10-15H2,(H,30,31,34). The molecule has 2 aliphatic rings. The predicted octanol–water partition coefficient (Wildman–Crippen LogP) is 5.18. The number of carbonyl (C=O) groups is 2. The third-order valence-electron chi connectivity index (χ3n) is 6.64. The Bertz CT molecular complexity index is 1250. The summed E-state index contributed by atoms with van der Waals surface area (Å²) in [5.74, 6) is -0.617. The summed E-state index contributed by atoms with van der Waals surface area (Å²) in [5.41, 5.74) is 1.11. The van der Waals surface area contributed by atoms with Gasteiger partial charge in [-0.25, -0.2) is 4.98 Å². The zero-order chi connectivity index (χ0) is 25.3. The van der Waals surface area contributed by atoms with Crippen molar-refractivity contribution in [2.75, 3.05) is 36.4 Å². The topological polar surface area (TPSA) is 65.5 Å². The third kappa shape index (κ3) is 5.09. The number of anilines is 2. The van der Waals surface area contributed by atoms with Gasteiger partial charge in [-0.15, -0.1) is 11.3 Å². The Hall–Kier alpha value is -3.40. The molecule has 10 heteroatoms. The van der Waals surface area contributed by atoms with Crippen LogP contribution in [0.3, 0.4) is 0 Å². The highest BCUT2D eigenvalue weighted by molar-refractivity contribution is 7.16. The molecule has 1 unspecified atom stereocenters. The van der Waals surface area contributed by atoms with Crippen molar-refractivity contribution in [1.29, 1.82) is 0 Å². The van der Waals surface area contributed by atoms with Crippen LogP contribution in [-0.2, 0) is 17.4 Å². The number of halogens is 3. The number of benzene rings is 2. The van der Waals surface area contributed by atoms with E-state index in [4.69, 9.17) is 0 Å². The molecule has 1 atom stereocenters. The first kappa shape index (κ1) is 24.3. The smallest absolute Gasteiger partial charge is 0.368 e. The third-order valence-corrected chi connectivity index (χ3v) is 7.69. The van der Waals surface area contributed by atoms with Gasteiger partial charge in [-0.2, -0.15) is 13.2 Å². The Balaban J connectivity index is 1.24. The maximum Gasteiger partial charge on any atom is 0.416 e. The Labute approximate surface area is 210 Å². The van der Waals surface area contributed by atoms with Crippen molar-refractivity contribution in [2.45, 2.75) is 31.4 Å². The maximum atomic E-state index is 13.4. The lowest BCUT2D eigenvalue weighted by Crippen LogP contribution is -2.50. The molecule has 36 heavy (non-hydrogen) atoms. The number of carbonyl (C=O) groups excluding carboxylic acids is 2. The largest absolute Gasteiger partial charge is 0.416 e. The lowest BCUT2D eigenvalue weighted by atomic mass is 9.89. The normalized spacial score (nSPS) is 18.0. The number of alkyl halides is 3. The van der Waals surface area contributed by atoms with Crippen molar-refractivity contribution in [3.8, 4) is 0 Å². The first-order valence-electron chi connectivity index (χ1n) is 11.9. The summed E-state index contributed by atoms with van der Waals surface area (Å²) in [6.45, 7) is 1.79. The van der Waals surface area contributed by atoms with Crippen LogP contribution in [0.15, 0.2) is 54.6 Å². The first-order chi connectivity index (χ1) is 17.3. The molecule has 6 nitrogen and oxygen atoms in total. The molecule has 1 saturated heterocycles. The maximum absolute atomic E-state index is 13.4. The van der Waals surface area contributed by atoms with Gasteiger partial charge in [-0.3, -0.25) is 14.9 Å². The molecular weight excluding hydrogens is 489 g/mol. The van der Waals surface area contributed by atoms with Gasteiger partial charge in [0, 0.05) is 42.3 Å². The molecule has 0 spiro atoms. The molecule has 1 aromatic heterocycles. The fourth-order valence-electron chi connectivity index (χ4n) is 4.76. The van der Waals surface area contributed by atoms with Crippen LogP contribution < -0.4 is 10.2 Å². The fraction of sp³-hybridized carbons (Fsp3) is 0.346. The average molecular weight is 515 g/mol. The summed E-state index contributed by atoms with van der Waals surface area (Å²) >= 11 is 1.41. The highest BCUT2D eigenvalue weighted by Crippen LogP contribution is 2.38. The number of hydrogen-bond acceptors (Lipinski definition) is 5. The van der Waals surface area contributed by atoms with E-state index in [-0.39, 0.29) is 17.7 Å². The number of amides is 2. The van der Waals surface area contributed by atoms with E-state index in [1.165, 1.54) is 17.4 Å². The number of hydrogen-bond donors (Lipinski definition) is 1. The lowest BCUT2D eigenvalue weighted by molar-refractivity contribution is -0.137. The van der Waals surface area contributed by atoms with E-state index in [0.29, 0.717) is 49.0 Å². The summed E-state index contributed by atoms with van der Waals surface area (Å²) in [4.78, 5) is 35.3. The van der Waals surface area contributed by atoms with Crippen LogP contribution in [0.5, 0.6) is 0 Å². The summed E-state index contributed by atoms with van der Waals surface area (Å²) in [6.07, 6.45) is -2.02. The van der Waals surface area contributed by atoms with Crippen LogP contribution in [0.2, 0.25) is 0 Å². The van der Waals surface area contributed by atoms with E-state index in [1.807, 2.05) is 11.0 Å². The average Bonchev–Trinajstić information content (AvgIpc) is 3.31. The van der Waals surface area contributed by atoms with Gasteiger partial charge < -0.3 is 9.80 Å². The van der Waals surface area contributed by atoms with E-state index >= 15 is 0 Å². The molecule has 0 radical (unpaired) electrons. The van der Waals surface area contributed by atoms with Gasteiger partial charge in [0.15, 0.2) is 5.13 Å². The minimum absolute atomic E-state index is 0.00845. The van der Waals surface area contributed by atoms with Crippen molar-refractivity contribution in [2.24, 2.45) is 0 Å². The summed E-state index contributed by atoms with van der Waals surface area (Å²) in [6, 6.07) is 14.2. The van der Waals surface area contributed by atoms with Gasteiger partial charge in [-0.05, 0) is 49.6 Å². The van der Waals surface area contributed by atoms with E-state index < -0.39 is 11.7 Å². The number of rotatable bonds is 4. The van der Waals surface area contributed by atoms with Crippen molar-refractivity contribution in [3.05, 3.63) is 76.3 Å². The molecule has 1 aliphatic heterocycles. The molecule has 2 amide bonds. The molecule has 188 valence electrons. The zero-order valence-corrected chi connectivity index (χ0v) is 20.2. The van der Waals surface area contributed by atoms with E-state index in [9.17, 15) is 22.8 Å². The van der Waals surface area contributed by atoms with Crippen LogP contribution in [0.4, 0.5) is 24.0 Å². The second kappa shape index (κ2) is 9.93. The second-order valence-electron chi connectivity index (χ2n) is 8.95. The number of aryl methyl sites for hydroxylation is 1. The van der Waals surface area contributed by atoms with Gasteiger partial charge in [0.25, 0.3) is 5.91 Å². The Morgan fingerprint density at radius 1 is 1.00 bits per heavy atom. The summed E-state index contributed by atoms with van der Waals surface area (Å²) in [7, 11) is 0. The Kier molecular flexibility index (Phi) is 6.70. The van der Waals surface area contributed by atoms with Gasteiger partial charge in [0.1, 0.15) is 0 Å². The van der Waals surface area contributed by atoms with Crippen molar-refractivity contribution >= 4 is 34.0 Å². The van der Waals surface area contributed by atoms with Crippen LogP contribution in [0.25, 0.3) is 0 Å². The first-order valence-corrected chi connectivity index (χ1v) is 12.7. The quantitative estimate of drug-likeness (QED) is 0.521. The Morgan fingerprint density at radius 3 is 2.47 bits per heavy atom. The minimum atomic E-state index is -4.39. The molecule has 1 fully saturated rings. The molecule has 0 bridgehead atoms. The highest BCUT2D eigenvalue weighted by atomic mass is 32.1. The fourth-order valence-corrected chi connectivity index (χ4v) is 5.82. The minimum Gasteiger partial charge on any atom is -0.368 e. The van der Waals surface area contributed by atoms with Crippen LogP contribution in [0.1, 0.15) is 45.3 Å². The Morgan fingerprint density at radius 2 is 1.75 bits per heavy atom. The predicted molar refractivity (Wildman–Crippen MR) is 132 cm³/mol. The number of nitrogens with one attached hydrogen (secondary N) is 1. The van der Waals surface area contributed by atoms with E-state index in [0.717, 1.165) is 35.5 Å². The molecule has 3 aromatic rings. The monoisotopic (exact) mass is 514 g/mol.